The van der Waals surface area contributed by atoms with Crippen LogP contribution in [0.4, 0.5) is 0 Å². The summed E-state index contributed by atoms with van der Waals surface area (Å²) in [5, 5.41) is 12.5. The van der Waals surface area contributed by atoms with Crippen LogP contribution in [0.1, 0.15) is 67.6 Å². The average Bonchev–Trinajstić information content (AvgIpc) is 3.10. The number of phenolic OH excluding ortho intramolecular Hbond substituents is 1. The highest BCUT2D eigenvalue weighted by molar-refractivity contribution is 5.82. The molecule has 2 saturated carbocycles. The molecule has 3 aliphatic carbocycles. The molecule has 0 unspecified atom stereocenters. The van der Waals surface area contributed by atoms with Crippen molar-refractivity contribution in [2.24, 2.45) is 17.3 Å². The lowest BCUT2D eigenvalue weighted by Crippen LogP contribution is -2.41. The van der Waals surface area contributed by atoms with Crippen LogP contribution in [0.2, 0.25) is 0 Å². The number of phenols is 1. The van der Waals surface area contributed by atoms with Crippen molar-refractivity contribution in [3.8, 4) is 5.75 Å². The number of hydrogen-bond donors (Lipinski definition) is 1. The highest BCUT2D eigenvalue weighted by Crippen LogP contribution is 2.65. The fourth-order valence-corrected chi connectivity index (χ4v) is 7.44. The zero-order valence-electron chi connectivity index (χ0n) is 17.1. The maximum atomic E-state index is 9.91. The molecule has 0 amide bonds. The van der Waals surface area contributed by atoms with Gasteiger partial charge in [-0.25, -0.2) is 0 Å². The minimum absolute atomic E-state index is 0.408. The first-order valence-corrected chi connectivity index (χ1v) is 11.3. The van der Waals surface area contributed by atoms with Crippen LogP contribution in [-0.4, -0.2) is 10.1 Å². The van der Waals surface area contributed by atoms with E-state index >= 15 is 0 Å². The molecule has 2 heteroatoms. The molecule has 1 N–H and O–H groups in total. The molecule has 2 nitrogen and oxygen atoms in total. The number of aryl methyl sites for hydroxylation is 1. The van der Waals surface area contributed by atoms with Gasteiger partial charge in [0, 0.05) is 17.8 Å². The zero-order chi connectivity index (χ0) is 19.6. The molecule has 3 aromatic rings. The summed E-state index contributed by atoms with van der Waals surface area (Å²) in [7, 11) is 0. The van der Waals surface area contributed by atoms with Crippen LogP contribution in [0, 0.1) is 17.3 Å². The molecule has 148 valence electrons. The predicted molar refractivity (Wildman–Crippen MR) is 117 cm³/mol. The van der Waals surface area contributed by atoms with Crippen LogP contribution in [0.3, 0.4) is 0 Å². The fraction of sp³-hybridized carbons (Fsp3) is 0.444. The second-order valence-corrected chi connectivity index (χ2v) is 9.96. The van der Waals surface area contributed by atoms with Gasteiger partial charge in [0.15, 0.2) is 0 Å². The Hall–Kier alpha value is -2.35. The lowest BCUT2D eigenvalue weighted by atomic mass is 9.53. The Bertz CT molecular complexity index is 1090. The first-order chi connectivity index (χ1) is 14.1. The number of pyridine rings is 1. The lowest BCUT2D eigenvalue weighted by Gasteiger charge is -2.51. The lowest BCUT2D eigenvalue weighted by molar-refractivity contribution is 0.0482. The highest BCUT2D eigenvalue weighted by Gasteiger charge is 2.54. The van der Waals surface area contributed by atoms with E-state index in [0.29, 0.717) is 23.0 Å². The third-order valence-electron chi connectivity index (χ3n) is 8.78. The van der Waals surface area contributed by atoms with Crippen LogP contribution >= 0.6 is 0 Å². The second kappa shape index (κ2) is 6.32. The molecule has 1 aromatic heterocycles. The van der Waals surface area contributed by atoms with E-state index in [0.717, 1.165) is 18.3 Å². The normalized spacial score (nSPS) is 33.1. The van der Waals surface area contributed by atoms with Gasteiger partial charge in [0.1, 0.15) is 5.75 Å². The smallest absolute Gasteiger partial charge is 0.115 e. The maximum Gasteiger partial charge on any atom is 0.115 e. The van der Waals surface area contributed by atoms with Crippen molar-refractivity contribution in [1.29, 1.82) is 0 Å². The summed E-state index contributed by atoms with van der Waals surface area (Å²) in [4.78, 5) is 4.34. The van der Waals surface area contributed by atoms with Crippen LogP contribution in [0.15, 0.2) is 54.9 Å². The van der Waals surface area contributed by atoms with E-state index in [4.69, 9.17) is 0 Å². The summed E-state index contributed by atoms with van der Waals surface area (Å²) in [6.07, 6.45) is 11.6. The topological polar surface area (TPSA) is 33.1 Å². The molecule has 0 bridgehead atoms. The molecule has 2 aromatic carbocycles. The van der Waals surface area contributed by atoms with Crippen molar-refractivity contribution < 1.29 is 5.11 Å². The molecule has 2 fully saturated rings. The van der Waals surface area contributed by atoms with Crippen LogP contribution in [-0.2, 0) is 6.42 Å². The van der Waals surface area contributed by atoms with E-state index in [1.54, 1.807) is 0 Å². The number of fused-ring (bicyclic) bond motifs is 6. The Kier molecular flexibility index (Phi) is 3.82. The predicted octanol–water partition coefficient (Wildman–Crippen LogP) is 6.58. The van der Waals surface area contributed by atoms with Crippen molar-refractivity contribution >= 4 is 10.8 Å². The average molecular weight is 384 g/mol. The molecule has 6 rings (SSSR count). The van der Waals surface area contributed by atoms with Gasteiger partial charge in [-0.2, -0.15) is 0 Å². The van der Waals surface area contributed by atoms with E-state index in [2.05, 4.69) is 42.2 Å². The summed E-state index contributed by atoms with van der Waals surface area (Å²) in [5.74, 6) is 3.40. The van der Waals surface area contributed by atoms with E-state index in [1.807, 2.05) is 24.5 Å². The molecule has 5 atom stereocenters. The Balaban J connectivity index is 1.34. The fourth-order valence-electron chi connectivity index (χ4n) is 7.44. The van der Waals surface area contributed by atoms with Crippen molar-refractivity contribution in [1.82, 2.24) is 4.98 Å². The SMILES string of the molecule is C[C@]12CC[C@@H]3c4ccc(O)cc4CC[C@H]3[C@@H]1CC[C@H]2c1ccc2ccncc2c1. The van der Waals surface area contributed by atoms with Gasteiger partial charge < -0.3 is 5.11 Å². The number of nitrogens with zero attached hydrogens (tertiary/aromatic N) is 1. The zero-order valence-corrected chi connectivity index (χ0v) is 17.1. The molecule has 3 aliphatic rings. The van der Waals surface area contributed by atoms with E-state index in [9.17, 15) is 5.11 Å². The van der Waals surface area contributed by atoms with Gasteiger partial charge in [0.05, 0.1) is 0 Å². The second-order valence-electron chi connectivity index (χ2n) is 9.96. The van der Waals surface area contributed by atoms with Crippen molar-refractivity contribution in [3.05, 3.63) is 71.5 Å². The van der Waals surface area contributed by atoms with Crippen LogP contribution in [0.25, 0.3) is 10.8 Å². The first kappa shape index (κ1) is 17.5. The number of aromatic nitrogens is 1. The number of rotatable bonds is 1. The number of benzene rings is 2. The van der Waals surface area contributed by atoms with Crippen LogP contribution < -0.4 is 0 Å². The van der Waals surface area contributed by atoms with Gasteiger partial charge in [-0.15, -0.1) is 0 Å². The van der Waals surface area contributed by atoms with Gasteiger partial charge in [-0.1, -0.05) is 25.1 Å². The van der Waals surface area contributed by atoms with E-state index in [1.165, 1.54) is 59.6 Å². The minimum Gasteiger partial charge on any atom is -0.508 e. The van der Waals surface area contributed by atoms with Gasteiger partial charge in [0.25, 0.3) is 0 Å². The number of aromatic hydroxyl groups is 1. The van der Waals surface area contributed by atoms with Crippen molar-refractivity contribution in [2.45, 2.75) is 57.3 Å². The Labute approximate surface area is 173 Å². The quantitative estimate of drug-likeness (QED) is 0.515. The molecular weight excluding hydrogens is 354 g/mol. The van der Waals surface area contributed by atoms with Crippen molar-refractivity contribution in [2.75, 3.05) is 0 Å². The third kappa shape index (κ3) is 2.57. The minimum atomic E-state index is 0.408. The molecule has 0 aliphatic heterocycles. The number of hydrogen-bond acceptors (Lipinski definition) is 2. The van der Waals surface area contributed by atoms with Gasteiger partial charge in [-0.05, 0) is 114 Å². The molecule has 0 radical (unpaired) electrons. The standard InChI is InChI=1S/C27H29NO/c1-27-12-10-23-22-7-5-21(29)15-18(22)4-6-24(23)26(27)9-8-25(27)19-3-2-17-11-13-28-16-20(17)14-19/h2-3,5,7,11,13-16,23-26,29H,4,6,8-10,12H2,1H3/t23-,24-,25+,26+,27-/m1/s1. The molecular formula is C27H29NO. The Morgan fingerprint density at radius 1 is 0.966 bits per heavy atom. The summed E-state index contributed by atoms with van der Waals surface area (Å²) >= 11 is 0. The van der Waals surface area contributed by atoms with Crippen molar-refractivity contribution in [3.63, 3.8) is 0 Å². The molecule has 0 saturated heterocycles. The van der Waals surface area contributed by atoms with Gasteiger partial charge in [0.2, 0.25) is 0 Å². The molecule has 29 heavy (non-hydrogen) atoms. The summed E-state index contributed by atoms with van der Waals surface area (Å²) < 4.78 is 0. The maximum absolute atomic E-state index is 9.91. The monoisotopic (exact) mass is 383 g/mol. The van der Waals surface area contributed by atoms with E-state index in [-0.39, 0.29) is 0 Å². The Morgan fingerprint density at radius 2 is 1.90 bits per heavy atom. The Morgan fingerprint density at radius 3 is 2.83 bits per heavy atom. The van der Waals surface area contributed by atoms with Crippen LogP contribution in [0.5, 0.6) is 5.75 Å². The van der Waals surface area contributed by atoms with Gasteiger partial charge in [-0.3, -0.25) is 4.98 Å². The summed E-state index contributed by atoms with van der Waals surface area (Å²) in [6, 6.07) is 15.3. The summed E-state index contributed by atoms with van der Waals surface area (Å²) in [6.45, 7) is 2.59. The van der Waals surface area contributed by atoms with Gasteiger partial charge >= 0.3 is 0 Å². The molecule has 0 spiro atoms. The largest absolute Gasteiger partial charge is 0.508 e. The summed E-state index contributed by atoms with van der Waals surface area (Å²) in [5.41, 5.74) is 4.86. The van der Waals surface area contributed by atoms with E-state index < -0.39 is 0 Å². The first-order valence-electron chi connectivity index (χ1n) is 11.3. The third-order valence-corrected chi connectivity index (χ3v) is 8.78. The highest BCUT2D eigenvalue weighted by atomic mass is 16.3. The molecule has 1 heterocycles.